The van der Waals surface area contributed by atoms with E-state index >= 15 is 0 Å². The molecule has 1 heterocycles. The molecule has 1 saturated carbocycles. The summed E-state index contributed by atoms with van der Waals surface area (Å²) in [7, 11) is 2.67. The van der Waals surface area contributed by atoms with E-state index in [-0.39, 0.29) is 23.6 Å². The molecule has 6 heteroatoms. The monoisotopic (exact) mass is 348 g/mol. The number of aromatic hydroxyl groups is 1. The lowest BCUT2D eigenvalue weighted by atomic mass is 9.84. The molecule has 3 unspecified atom stereocenters. The van der Waals surface area contributed by atoms with Gasteiger partial charge in [0.15, 0.2) is 0 Å². The smallest absolute Gasteiger partial charge is 0.350 e. The molecule has 0 saturated heterocycles. The summed E-state index contributed by atoms with van der Waals surface area (Å²) in [5.41, 5.74) is 0.482. The zero-order valence-corrected chi connectivity index (χ0v) is 14.8. The van der Waals surface area contributed by atoms with Crippen LogP contribution in [0, 0.1) is 11.8 Å². The van der Waals surface area contributed by atoms with Gasteiger partial charge in [0.1, 0.15) is 11.5 Å². The molecule has 136 valence electrons. The first-order chi connectivity index (χ1) is 12.0. The highest BCUT2D eigenvalue weighted by Crippen LogP contribution is 2.54. The second-order valence-corrected chi connectivity index (χ2v) is 6.76. The van der Waals surface area contributed by atoms with Gasteiger partial charge < -0.3 is 19.3 Å². The number of esters is 2. The van der Waals surface area contributed by atoms with Crippen molar-refractivity contribution in [2.45, 2.75) is 44.6 Å². The Hall–Kier alpha value is -2.24. The number of fused-ring (bicyclic) bond motifs is 1. The number of hydrogen-bond acceptors (Lipinski definition) is 6. The molecule has 1 N–H and O–H groups in total. The van der Waals surface area contributed by atoms with Gasteiger partial charge in [-0.1, -0.05) is 19.4 Å². The van der Waals surface area contributed by atoms with Crippen LogP contribution in [0.15, 0.2) is 12.1 Å². The molecule has 0 spiro atoms. The fourth-order valence-electron chi connectivity index (χ4n) is 3.89. The van der Waals surface area contributed by atoms with Gasteiger partial charge in [0.05, 0.1) is 20.1 Å². The average Bonchev–Trinajstić information content (AvgIpc) is 3.43. The van der Waals surface area contributed by atoms with E-state index in [2.05, 4.69) is 0 Å². The van der Waals surface area contributed by atoms with E-state index in [4.69, 9.17) is 14.2 Å². The summed E-state index contributed by atoms with van der Waals surface area (Å²) >= 11 is 0. The second kappa shape index (κ2) is 6.58. The third-order valence-corrected chi connectivity index (χ3v) is 5.29. The highest BCUT2D eigenvalue weighted by atomic mass is 16.6. The summed E-state index contributed by atoms with van der Waals surface area (Å²) in [5.74, 6) is -0.682. The highest BCUT2D eigenvalue weighted by Gasteiger charge is 2.63. The largest absolute Gasteiger partial charge is 0.508 e. The quantitative estimate of drug-likeness (QED) is 0.823. The molecular weight excluding hydrogens is 324 g/mol. The highest BCUT2D eigenvalue weighted by molar-refractivity contribution is 5.85. The number of benzene rings is 1. The number of hydrogen-bond donors (Lipinski definition) is 1. The number of aryl methyl sites for hydroxylation is 1. The molecule has 1 aliphatic carbocycles. The SMILES string of the molecule is CCCc1c(O)ccc2c1OC(C(=O)OC)(C1CC1C(=O)OC)CC2. The minimum Gasteiger partial charge on any atom is -0.508 e. The van der Waals surface area contributed by atoms with Crippen molar-refractivity contribution in [3.8, 4) is 11.5 Å². The van der Waals surface area contributed by atoms with E-state index in [0.717, 1.165) is 12.0 Å². The second-order valence-electron chi connectivity index (χ2n) is 6.76. The molecule has 0 aromatic heterocycles. The molecule has 2 aliphatic rings. The van der Waals surface area contributed by atoms with Crippen molar-refractivity contribution in [2.24, 2.45) is 11.8 Å². The van der Waals surface area contributed by atoms with E-state index in [1.54, 1.807) is 6.07 Å². The number of carbonyl (C=O) groups excluding carboxylic acids is 2. The van der Waals surface area contributed by atoms with Crippen molar-refractivity contribution in [3.63, 3.8) is 0 Å². The van der Waals surface area contributed by atoms with Crippen LogP contribution in [0.5, 0.6) is 11.5 Å². The Morgan fingerprint density at radius 3 is 2.72 bits per heavy atom. The average molecular weight is 348 g/mol. The number of ether oxygens (including phenoxy) is 3. The lowest BCUT2D eigenvalue weighted by Gasteiger charge is -2.38. The van der Waals surface area contributed by atoms with E-state index in [1.807, 2.05) is 13.0 Å². The third-order valence-electron chi connectivity index (χ3n) is 5.29. The first-order valence-corrected chi connectivity index (χ1v) is 8.67. The van der Waals surface area contributed by atoms with Crippen LogP contribution >= 0.6 is 0 Å². The van der Waals surface area contributed by atoms with Gasteiger partial charge in [-0.25, -0.2) is 4.79 Å². The van der Waals surface area contributed by atoms with Gasteiger partial charge >= 0.3 is 11.9 Å². The number of methoxy groups -OCH3 is 2. The summed E-state index contributed by atoms with van der Waals surface area (Å²) in [4.78, 5) is 24.5. The standard InChI is InChI=1S/C19H24O6/c1-4-5-12-15(20)7-6-11-8-9-19(18(22)24-3,25-16(11)12)14-10-13(14)17(21)23-2/h6-7,13-14,20H,4-5,8-10H2,1-3H3. The summed E-state index contributed by atoms with van der Waals surface area (Å²) in [6, 6.07) is 3.50. The minimum absolute atomic E-state index is 0.168. The Labute approximate surface area is 147 Å². The Morgan fingerprint density at radius 1 is 1.32 bits per heavy atom. The summed E-state index contributed by atoms with van der Waals surface area (Å²) < 4.78 is 16.1. The van der Waals surface area contributed by atoms with Crippen LogP contribution < -0.4 is 4.74 Å². The number of rotatable bonds is 5. The van der Waals surface area contributed by atoms with Gasteiger partial charge in [0, 0.05) is 17.9 Å². The van der Waals surface area contributed by atoms with Gasteiger partial charge in [-0.15, -0.1) is 0 Å². The van der Waals surface area contributed by atoms with Crippen molar-refractivity contribution < 1.29 is 28.9 Å². The summed E-state index contributed by atoms with van der Waals surface area (Å²) in [6.07, 6.45) is 3.11. The molecule has 1 aromatic carbocycles. The Morgan fingerprint density at radius 2 is 2.08 bits per heavy atom. The lowest BCUT2D eigenvalue weighted by molar-refractivity contribution is -0.164. The molecular formula is C19H24O6. The predicted octanol–water partition coefficient (Wildman–Crippen LogP) is 2.39. The van der Waals surface area contributed by atoms with Crippen molar-refractivity contribution in [3.05, 3.63) is 23.3 Å². The predicted molar refractivity (Wildman–Crippen MR) is 89.4 cm³/mol. The Balaban J connectivity index is 2.00. The molecule has 25 heavy (non-hydrogen) atoms. The van der Waals surface area contributed by atoms with Gasteiger partial charge in [-0.05, 0) is 30.9 Å². The maximum atomic E-state index is 12.6. The van der Waals surface area contributed by atoms with Crippen LogP contribution in [0.4, 0.5) is 0 Å². The van der Waals surface area contributed by atoms with Crippen molar-refractivity contribution in [2.75, 3.05) is 14.2 Å². The molecule has 1 aliphatic heterocycles. The van der Waals surface area contributed by atoms with E-state index in [9.17, 15) is 14.7 Å². The maximum absolute atomic E-state index is 12.6. The molecule has 0 radical (unpaired) electrons. The van der Waals surface area contributed by atoms with Crippen molar-refractivity contribution >= 4 is 11.9 Å². The van der Waals surface area contributed by atoms with Gasteiger partial charge in [-0.3, -0.25) is 4.79 Å². The number of carbonyl (C=O) groups is 2. The van der Waals surface area contributed by atoms with Crippen molar-refractivity contribution in [1.82, 2.24) is 0 Å². The van der Waals surface area contributed by atoms with E-state index in [0.29, 0.717) is 37.0 Å². The number of phenolic OH excluding ortho intramolecular Hbond substituents is 1. The molecule has 3 rings (SSSR count). The number of phenols is 1. The first-order valence-electron chi connectivity index (χ1n) is 8.67. The Kier molecular flexibility index (Phi) is 4.62. The summed E-state index contributed by atoms with van der Waals surface area (Å²) in [6.45, 7) is 2.02. The van der Waals surface area contributed by atoms with Crippen LogP contribution in [0.1, 0.15) is 37.3 Å². The van der Waals surface area contributed by atoms with Crippen LogP contribution in [-0.2, 0) is 31.9 Å². The molecule has 1 aromatic rings. The lowest BCUT2D eigenvalue weighted by Crippen LogP contribution is -2.51. The zero-order valence-electron chi connectivity index (χ0n) is 14.8. The minimum atomic E-state index is -1.20. The van der Waals surface area contributed by atoms with Crippen LogP contribution in [0.2, 0.25) is 0 Å². The van der Waals surface area contributed by atoms with Crippen molar-refractivity contribution in [1.29, 1.82) is 0 Å². The Bertz CT molecular complexity index is 697. The topological polar surface area (TPSA) is 82.1 Å². The fourth-order valence-corrected chi connectivity index (χ4v) is 3.89. The molecule has 6 nitrogen and oxygen atoms in total. The normalized spacial score (nSPS) is 27.0. The maximum Gasteiger partial charge on any atom is 0.350 e. The van der Waals surface area contributed by atoms with Gasteiger partial charge in [0.2, 0.25) is 5.60 Å². The van der Waals surface area contributed by atoms with E-state index in [1.165, 1.54) is 14.2 Å². The van der Waals surface area contributed by atoms with Crippen LogP contribution in [0.25, 0.3) is 0 Å². The van der Waals surface area contributed by atoms with E-state index < -0.39 is 11.6 Å². The van der Waals surface area contributed by atoms with Gasteiger partial charge in [-0.2, -0.15) is 0 Å². The molecule has 0 amide bonds. The van der Waals surface area contributed by atoms with Crippen LogP contribution in [0.3, 0.4) is 0 Å². The third kappa shape index (κ3) is 2.83. The summed E-state index contributed by atoms with van der Waals surface area (Å²) in [5, 5.41) is 10.2. The first kappa shape index (κ1) is 17.6. The molecule has 1 fully saturated rings. The van der Waals surface area contributed by atoms with Gasteiger partial charge in [0.25, 0.3) is 0 Å². The zero-order chi connectivity index (χ0) is 18.2. The fraction of sp³-hybridized carbons (Fsp3) is 0.579. The van der Waals surface area contributed by atoms with Crippen LogP contribution in [-0.4, -0.2) is 36.9 Å². The molecule has 3 atom stereocenters. The molecule has 0 bridgehead atoms.